The van der Waals surface area contributed by atoms with Crippen molar-refractivity contribution < 1.29 is 19.6 Å². The van der Waals surface area contributed by atoms with E-state index in [1.54, 1.807) is 19.1 Å². The number of benzene rings is 1. The van der Waals surface area contributed by atoms with Crippen molar-refractivity contribution in [2.75, 3.05) is 31.1 Å². The average molecular weight is 389 g/mol. The Hall–Kier alpha value is -2.64. The summed E-state index contributed by atoms with van der Waals surface area (Å²) in [7, 11) is 0. The van der Waals surface area contributed by atoms with E-state index in [0.717, 1.165) is 19.5 Å². The summed E-state index contributed by atoms with van der Waals surface area (Å²) in [6, 6.07) is 4.61. The zero-order valence-corrected chi connectivity index (χ0v) is 16.5. The first-order chi connectivity index (χ1) is 13.2. The number of hydrogen-bond acceptors (Lipinski definition) is 5. The van der Waals surface area contributed by atoms with Crippen LogP contribution < -0.4 is 4.90 Å². The zero-order valence-electron chi connectivity index (χ0n) is 16.5. The smallest absolute Gasteiger partial charge is 0.308 e. The highest BCUT2D eigenvalue weighted by molar-refractivity contribution is 5.96. The van der Waals surface area contributed by atoms with Crippen LogP contribution in [0.1, 0.15) is 37.6 Å². The van der Waals surface area contributed by atoms with Gasteiger partial charge < -0.3 is 14.9 Å². The van der Waals surface area contributed by atoms with E-state index < -0.39 is 16.8 Å². The quantitative estimate of drug-likeness (QED) is 0.627. The molecule has 152 valence electrons. The van der Waals surface area contributed by atoms with Crippen LogP contribution in [0.2, 0.25) is 0 Å². The van der Waals surface area contributed by atoms with E-state index in [1.807, 2.05) is 4.90 Å². The van der Waals surface area contributed by atoms with Crippen LogP contribution in [0.5, 0.6) is 0 Å². The number of carboxylic acids is 1. The predicted molar refractivity (Wildman–Crippen MR) is 104 cm³/mol. The molecule has 8 nitrogen and oxygen atoms in total. The number of carboxylic acid groups (broad SMARTS) is 1. The number of carbonyl (C=O) groups is 2. The van der Waals surface area contributed by atoms with Crippen molar-refractivity contribution in [3.63, 3.8) is 0 Å². The van der Waals surface area contributed by atoms with E-state index in [9.17, 15) is 24.8 Å². The molecular weight excluding hydrogens is 362 g/mol. The summed E-state index contributed by atoms with van der Waals surface area (Å²) in [5, 5.41) is 21.0. The van der Waals surface area contributed by atoms with Gasteiger partial charge in [-0.2, -0.15) is 0 Å². The molecule has 28 heavy (non-hydrogen) atoms. The summed E-state index contributed by atoms with van der Waals surface area (Å²) in [6.07, 6.45) is 1.10. The highest BCUT2D eigenvalue weighted by atomic mass is 16.6. The molecule has 0 saturated carbocycles. The minimum absolute atomic E-state index is 0.0748. The predicted octanol–water partition coefficient (Wildman–Crippen LogP) is 2.87. The lowest BCUT2D eigenvalue weighted by Crippen LogP contribution is -2.39. The Morgan fingerprint density at radius 3 is 2.29 bits per heavy atom. The van der Waals surface area contributed by atoms with Gasteiger partial charge >= 0.3 is 5.97 Å². The van der Waals surface area contributed by atoms with Gasteiger partial charge in [-0.05, 0) is 36.3 Å². The van der Waals surface area contributed by atoms with Gasteiger partial charge in [-0.3, -0.25) is 19.7 Å². The largest absolute Gasteiger partial charge is 0.481 e. The molecule has 2 saturated heterocycles. The molecule has 2 aliphatic heterocycles. The van der Waals surface area contributed by atoms with Crippen molar-refractivity contribution in [1.82, 2.24) is 4.90 Å². The molecule has 2 fully saturated rings. The van der Waals surface area contributed by atoms with Crippen LogP contribution in [0.4, 0.5) is 11.4 Å². The minimum atomic E-state index is -0.919. The number of carbonyl (C=O) groups excluding carboxylic acids is 1. The number of rotatable bonds is 4. The molecule has 4 atom stereocenters. The SMILES string of the molecule is CC1CC(C)CN(c2ccc(C(=O)N3C[C@@H](C)[C@H](C(=O)O)C3)cc2[N+](=O)[O-])C1. The molecule has 1 aromatic rings. The highest BCUT2D eigenvalue weighted by Crippen LogP contribution is 2.34. The van der Waals surface area contributed by atoms with Crippen molar-refractivity contribution in [1.29, 1.82) is 0 Å². The molecule has 0 radical (unpaired) electrons. The minimum Gasteiger partial charge on any atom is -0.481 e. The lowest BCUT2D eigenvalue weighted by molar-refractivity contribution is -0.384. The number of nitro groups is 1. The van der Waals surface area contributed by atoms with Gasteiger partial charge in [-0.25, -0.2) is 0 Å². The topological polar surface area (TPSA) is 104 Å². The summed E-state index contributed by atoms with van der Waals surface area (Å²) < 4.78 is 0. The van der Waals surface area contributed by atoms with Gasteiger partial charge in [0.1, 0.15) is 5.69 Å². The van der Waals surface area contributed by atoms with Crippen molar-refractivity contribution >= 4 is 23.3 Å². The molecule has 2 heterocycles. The normalized spacial score (nSPS) is 27.7. The third kappa shape index (κ3) is 3.95. The van der Waals surface area contributed by atoms with Crippen molar-refractivity contribution in [3.8, 4) is 0 Å². The van der Waals surface area contributed by atoms with Crippen LogP contribution in [0.3, 0.4) is 0 Å². The third-order valence-electron chi connectivity index (χ3n) is 5.85. The van der Waals surface area contributed by atoms with Crippen LogP contribution in [0.25, 0.3) is 0 Å². The van der Waals surface area contributed by atoms with Crippen molar-refractivity contribution in [3.05, 3.63) is 33.9 Å². The van der Waals surface area contributed by atoms with Gasteiger partial charge in [0.2, 0.25) is 0 Å². The van der Waals surface area contributed by atoms with E-state index in [2.05, 4.69) is 13.8 Å². The second kappa shape index (κ2) is 7.77. The first-order valence-electron chi connectivity index (χ1n) is 9.72. The second-order valence-corrected chi connectivity index (χ2v) is 8.44. The van der Waals surface area contributed by atoms with Gasteiger partial charge in [0.15, 0.2) is 0 Å². The number of piperidine rings is 1. The molecule has 3 rings (SSSR count). The molecular formula is C20H27N3O5. The summed E-state index contributed by atoms with van der Waals surface area (Å²) in [5.74, 6) is -1.13. The lowest BCUT2D eigenvalue weighted by atomic mass is 9.91. The summed E-state index contributed by atoms with van der Waals surface area (Å²) in [6.45, 7) is 8.05. The second-order valence-electron chi connectivity index (χ2n) is 8.44. The number of nitro benzene ring substituents is 1. The van der Waals surface area contributed by atoms with E-state index in [0.29, 0.717) is 24.1 Å². The summed E-state index contributed by atoms with van der Waals surface area (Å²) in [4.78, 5) is 38.9. The number of anilines is 1. The van der Waals surface area contributed by atoms with Crippen LogP contribution in [-0.4, -0.2) is 53.0 Å². The number of likely N-dealkylation sites (tertiary alicyclic amines) is 1. The average Bonchev–Trinajstić information content (AvgIpc) is 3.01. The molecule has 0 spiro atoms. The molecule has 1 amide bonds. The molecule has 0 bridgehead atoms. The van der Waals surface area contributed by atoms with Gasteiger partial charge in [-0.15, -0.1) is 0 Å². The van der Waals surface area contributed by atoms with Crippen LogP contribution >= 0.6 is 0 Å². The van der Waals surface area contributed by atoms with Crippen molar-refractivity contribution in [2.45, 2.75) is 27.2 Å². The molecule has 0 aromatic heterocycles. The maximum absolute atomic E-state index is 12.8. The molecule has 0 aliphatic carbocycles. The Morgan fingerprint density at radius 2 is 1.75 bits per heavy atom. The number of amides is 1. The maximum Gasteiger partial charge on any atom is 0.308 e. The van der Waals surface area contributed by atoms with Gasteiger partial charge in [0.05, 0.1) is 10.8 Å². The maximum atomic E-state index is 12.8. The number of nitrogens with zero attached hydrogens (tertiary/aromatic N) is 3. The molecule has 2 unspecified atom stereocenters. The molecule has 1 N–H and O–H groups in total. The van der Waals surface area contributed by atoms with E-state index in [-0.39, 0.29) is 29.6 Å². The monoisotopic (exact) mass is 389 g/mol. The summed E-state index contributed by atoms with van der Waals surface area (Å²) >= 11 is 0. The Morgan fingerprint density at radius 1 is 1.11 bits per heavy atom. The zero-order chi connectivity index (χ0) is 20.6. The van der Waals surface area contributed by atoms with Gasteiger partial charge in [-0.1, -0.05) is 20.8 Å². The number of hydrogen-bond donors (Lipinski definition) is 1. The van der Waals surface area contributed by atoms with Gasteiger partial charge in [0, 0.05) is 37.8 Å². The lowest BCUT2D eigenvalue weighted by Gasteiger charge is -2.36. The Kier molecular flexibility index (Phi) is 5.58. The van der Waals surface area contributed by atoms with Crippen LogP contribution in [0.15, 0.2) is 18.2 Å². The molecule has 2 aliphatic rings. The molecule has 1 aromatic carbocycles. The fraction of sp³-hybridized carbons (Fsp3) is 0.600. The van der Waals surface area contributed by atoms with Crippen molar-refractivity contribution in [2.24, 2.45) is 23.7 Å². The first kappa shape index (κ1) is 20.1. The van der Waals surface area contributed by atoms with Crippen LogP contribution in [-0.2, 0) is 4.79 Å². The highest BCUT2D eigenvalue weighted by Gasteiger charge is 2.38. The number of aliphatic carboxylic acids is 1. The summed E-state index contributed by atoms with van der Waals surface area (Å²) in [5.41, 5.74) is 0.694. The molecule has 8 heteroatoms. The van der Waals surface area contributed by atoms with E-state index in [4.69, 9.17) is 0 Å². The van der Waals surface area contributed by atoms with E-state index in [1.165, 1.54) is 11.0 Å². The Labute approximate surface area is 164 Å². The Balaban J connectivity index is 1.86. The standard InChI is InChI=1S/C20H27N3O5/c1-12-6-13(2)9-21(8-12)17-5-4-15(7-18(17)23(27)28)19(24)22-10-14(3)16(11-22)20(25)26/h4-5,7,12-14,16H,6,8-11H2,1-3H3,(H,25,26)/t12?,13?,14-,16-/m1/s1. The third-order valence-corrected chi connectivity index (χ3v) is 5.85. The fourth-order valence-corrected chi connectivity index (χ4v) is 4.57. The van der Waals surface area contributed by atoms with Crippen LogP contribution in [0, 0.1) is 33.8 Å². The van der Waals surface area contributed by atoms with E-state index >= 15 is 0 Å². The van der Waals surface area contributed by atoms with Gasteiger partial charge in [0.25, 0.3) is 11.6 Å². The fourth-order valence-electron chi connectivity index (χ4n) is 4.57. The Bertz CT molecular complexity index is 786. The first-order valence-corrected chi connectivity index (χ1v) is 9.72.